The molecule has 2 N–H and O–H groups in total. The van der Waals surface area contributed by atoms with Crippen molar-refractivity contribution in [3.05, 3.63) is 5.89 Å². The Balaban J connectivity index is 1.74. The van der Waals surface area contributed by atoms with Gasteiger partial charge in [0.05, 0.1) is 6.54 Å². The fraction of sp³-hybridized carbons (Fsp3) is 0.833. The minimum absolute atomic E-state index is 0.0536. The number of hydrogen-bond donors (Lipinski definition) is 2. The van der Waals surface area contributed by atoms with Crippen LogP contribution in [0.1, 0.15) is 26.7 Å². The highest BCUT2D eigenvalue weighted by Crippen LogP contribution is 2.24. The van der Waals surface area contributed by atoms with Crippen LogP contribution in [-0.4, -0.2) is 44.8 Å². The van der Waals surface area contributed by atoms with Gasteiger partial charge in [0, 0.05) is 34.6 Å². The molecule has 1 unspecified atom stereocenters. The van der Waals surface area contributed by atoms with Gasteiger partial charge in [0.2, 0.25) is 5.89 Å². The molecule has 7 heteroatoms. The smallest absolute Gasteiger partial charge is 0.315 e. The van der Waals surface area contributed by atoms with Crippen LogP contribution in [0.3, 0.4) is 0 Å². The van der Waals surface area contributed by atoms with E-state index in [1.54, 1.807) is 0 Å². The molecule has 0 aliphatic carbocycles. The summed E-state index contributed by atoms with van der Waals surface area (Å²) in [5.41, 5.74) is 0.0536. The van der Waals surface area contributed by atoms with Crippen molar-refractivity contribution < 1.29 is 4.42 Å². The highest BCUT2D eigenvalue weighted by Gasteiger charge is 2.16. The number of nitrogens with one attached hydrogen (secondary N) is 2. The first-order valence-electron chi connectivity index (χ1n) is 6.53. The van der Waals surface area contributed by atoms with Crippen LogP contribution in [0.4, 0.5) is 6.01 Å². The molecular weight excluding hydrogens is 280 g/mol. The molecular formula is C12H22N4OS2. The topological polar surface area (TPSA) is 63.0 Å². The molecule has 19 heavy (non-hydrogen) atoms. The van der Waals surface area contributed by atoms with Crippen LogP contribution in [0.5, 0.6) is 0 Å². The molecule has 0 saturated carbocycles. The van der Waals surface area contributed by atoms with Crippen molar-refractivity contribution in [3.8, 4) is 0 Å². The molecule has 5 nitrogen and oxygen atoms in total. The summed E-state index contributed by atoms with van der Waals surface area (Å²) < 4.78 is 5.56. The van der Waals surface area contributed by atoms with Gasteiger partial charge in [0.15, 0.2) is 0 Å². The van der Waals surface area contributed by atoms with Crippen molar-refractivity contribution in [1.29, 1.82) is 0 Å². The molecule has 1 atom stereocenters. The first-order chi connectivity index (χ1) is 9.03. The maximum Gasteiger partial charge on any atom is 0.315 e. The zero-order valence-electron chi connectivity index (χ0n) is 11.7. The second-order valence-corrected chi connectivity index (χ2v) is 8.11. The van der Waals surface area contributed by atoms with Crippen molar-refractivity contribution in [2.24, 2.45) is 0 Å². The average Bonchev–Trinajstić information content (AvgIpc) is 2.82. The van der Waals surface area contributed by atoms with Gasteiger partial charge in [-0.2, -0.15) is 23.5 Å². The fourth-order valence-corrected chi connectivity index (χ4v) is 4.20. The van der Waals surface area contributed by atoms with Crippen molar-refractivity contribution in [1.82, 2.24) is 15.5 Å². The lowest BCUT2D eigenvalue weighted by molar-refractivity contribution is 0.384. The second kappa shape index (κ2) is 6.85. The summed E-state index contributed by atoms with van der Waals surface area (Å²) in [6.07, 6.45) is 0. The van der Waals surface area contributed by atoms with Crippen molar-refractivity contribution in [2.45, 2.75) is 38.1 Å². The van der Waals surface area contributed by atoms with Crippen LogP contribution in [-0.2, 0) is 6.54 Å². The molecule has 1 fully saturated rings. The third kappa shape index (κ3) is 5.62. The monoisotopic (exact) mass is 302 g/mol. The number of aromatic nitrogens is 2. The number of nitrogens with zero attached hydrogens (tertiary/aromatic N) is 2. The average molecular weight is 302 g/mol. The van der Waals surface area contributed by atoms with Crippen molar-refractivity contribution in [3.63, 3.8) is 0 Å². The van der Waals surface area contributed by atoms with Gasteiger partial charge < -0.3 is 15.1 Å². The Morgan fingerprint density at radius 2 is 2.16 bits per heavy atom. The Bertz CT molecular complexity index is 385. The minimum Gasteiger partial charge on any atom is -0.407 e. The molecule has 1 aromatic rings. The predicted octanol–water partition coefficient (Wildman–Crippen LogP) is 2.22. The molecule has 0 amide bonds. The summed E-state index contributed by atoms with van der Waals surface area (Å²) >= 11 is 4.03. The first kappa shape index (κ1) is 15.0. The van der Waals surface area contributed by atoms with E-state index >= 15 is 0 Å². The molecule has 2 heterocycles. The van der Waals surface area contributed by atoms with E-state index in [-0.39, 0.29) is 5.54 Å². The van der Waals surface area contributed by atoms with Gasteiger partial charge in [-0.25, -0.2) is 0 Å². The Hall–Kier alpha value is -0.400. The highest BCUT2D eigenvalue weighted by atomic mass is 32.2. The highest BCUT2D eigenvalue weighted by molar-refractivity contribution is 8.06. The summed E-state index contributed by atoms with van der Waals surface area (Å²) in [6, 6.07) is 0.530. The van der Waals surface area contributed by atoms with Crippen LogP contribution in [0.15, 0.2) is 4.42 Å². The van der Waals surface area contributed by atoms with Gasteiger partial charge >= 0.3 is 6.01 Å². The summed E-state index contributed by atoms with van der Waals surface area (Å²) in [7, 11) is 0. The Morgan fingerprint density at radius 1 is 1.32 bits per heavy atom. The molecule has 0 spiro atoms. The zero-order chi connectivity index (χ0) is 13.7. The second-order valence-electron chi connectivity index (χ2n) is 5.55. The van der Waals surface area contributed by atoms with Crippen molar-refractivity contribution >= 4 is 29.5 Å². The minimum atomic E-state index is 0.0536. The van der Waals surface area contributed by atoms with E-state index < -0.39 is 0 Å². The van der Waals surface area contributed by atoms with Crippen LogP contribution < -0.4 is 10.6 Å². The summed E-state index contributed by atoms with van der Waals surface area (Å²) in [4.78, 5) is 0. The number of hydrogen-bond acceptors (Lipinski definition) is 7. The third-order valence-corrected chi connectivity index (χ3v) is 5.45. The lowest BCUT2D eigenvalue weighted by Crippen LogP contribution is -2.35. The quantitative estimate of drug-likeness (QED) is 0.864. The summed E-state index contributed by atoms with van der Waals surface area (Å²) in [5.74, 6) is 4.33. The first-order valence-corrected chi connectivity index (χ1v) is 8.74. The van der Waals surface area contributed by atoms with E-state index in [4.69, 9.17) is 4.42 Å². The van der Waals surface area contributed by atoms with Gasteiger partial charge in [0.1, 0.15) is 0 Å². The van der Waals surface area contributed by atoms with Gasteiger partial charge in [-0.05, 0) is 20.8 Å². The fourth-order valence-electron chi connectivity index (χ4n) is 1.59. The van der Waals surface area contributed by atoms with E-state index in [2.05, 4.69) is 41.6 Å². The maximum atomic E-state index is 5.56. The van der Waals surface area contributed by atoms with Crippen LogP contribution in [0.2, 0.25) is 0 Å². The van der Waals surface area contributed by atoms with Gasteiger partial charge in [-0.3, -0.25) is 0 Å². The van der Waals surface area contributed by atoms with Crippen LogP contribution in [0, 0.1) is 0 Å². The lowest BCUT2D eigenvalue weighted by atomic mass is 10.1. The molecule has 0 radical (unpaired) electrons. The van der Waals surface area contributed by atoms with E-state index in [0.29, 0.717) is 23.7 Å². The van der Waals surface area contributed by atoms with Gasteiger partial charge in [0.25, 0.3) is 0 Å². The van der Waals surface area contributed by atoms with E-state index in [0.717, 1.165) is 6.54 Å². The SMILES string of the molecule is CC(C)(C)NCc1nnc(NCC2CSCCS2)o1. The Kier molecular flexibility index (Phi) is 5.41. The van der Waals surface area contributed by atoms with E-state index in [9.17, 15) is 0 Å². The molecule has 0 aromatic carbocycles. The number of thioether (sulfide) groups is 2. The van der Waals surface area contributed by atoms with Crippen molar-refractivity contribution in [2.75, 3.05) is 29.1 Å². The largest absolute Gasteiger partial charge is 0.407 e. The molecule has 1 aliphatic rings. The molecule has 2 rings (SSSR count). The Morgan fingerprint density at radius 3 is 2.84 bits per heavy atom. The Labute approximate surface area is 123 Å². The predicted molar refractivity (Wildman–Crippen MR) is 83.0 cm³/mol. The van der Waals surface area contributed by atoms with Gasteiger partial charge in [-0.1, -0.05) is 5.10 Å². The lowest BCUT2D eigenvalue weighted by Gasteiger charge is -2.20. The molecule has 108 valence electrons. The standard InChI is InChI=1S/C12H22N4OS2/c1-12(2,3)14-7-10-15-16-11(17-10)13-6-9-8-18-4-5-19-9/h9,14H,4-8H2,1-3H3,(H,13,16). The molecule has 0 bridgehead atoms. The normalized spacial score (nSPS) is 20.5. The number of rotatable bonds is 5. The summed E-state index contributed by atoms with van der Waals surface area (Å²) in [6.45, 7) is 7.83. The van der Waals surface area contributed by atoms with Crippen LogP contribution in [0.25, 0.3) is 0 Å². The van der Waals surface area contributed by atoms with E-state index in [1.807, 2.05) is 23.5 Å². The third-order valence-electron chi connectivity index (χ3n) is 2.60. The van der Waals surface area contributed by atoms with Gasteiger partial charge in [-0.15, -0.1) is 5.10 Å². The zero-order valence-corrected chi connectivity index (χ0v) is 13.4. The van der Waals surface area contributed by atoms with Crippen LogP contribution >= 0.6 is 23.5 Å². The molecule has 1 aromatic heterocycles. The number of anilines is 1. The maximum absolute atomic E-state index is 5.56. The van der Waals surface area contributed by atoms with E-state index in [1.165, 1.54) is 17.3 Å². The molecule has 1 aliphatic heterocycles. The summed E-state index contributed by atoms with van der Waals surface area (Å²) in [5, 5.41) is 15.2. The molecule has 1 saturated heterocycles.